The molecule has 1 unspecified atom stereocenters. The number of nitrogens with one attached hydrogen (secondary N) is 1. The van der Waals surface area contributed by atoms with Crippen LogP contribution in [0.2, 0.25) is 0 Å². The summed E-state index contributed by atoms with van der Waals surface area (Å²) in [6.45, 7) is 4.04. The lowest BCUT2D eigenvalue weighted by molar-refractivity contribution is 0.407. The van der Waals surface area contributed by atoms with Crippen molar-refractivity contribution in [1.82, 2.24) is 0 Å². The van der Waals surface area contributed by atoms with E-state index in [2.05, 4.69) is 21.2 Å². The summed E-state index contributed by atoms with van der Waals surface area (Å²) in [6.07, 6.45) is 0. The summed E-state index contributed by atoms with van der Waals surface area (Å²) in [7, 11) is 1.66. The number of rotatable bonds is 4. The molecule has 2 aromatic carbocycles. The van der Waals surface area contributed by atoms with Gasteiger partial charge in [0.1, 0.15) is 11.6 Å². The Morgan fingerprint density at radius 3 is 2.60 bits per heavy atom. The van der Waals surface area contributed by atoms with Gasteiger partial charge in [0.25, 0.3) is 0 Å². The Morgan fingerprint density at radius 2 is 1.95 bits per heavy atom. The number of aryl methyl sites for hydroxylation is 1. The van der Waals surface area contributed by atoms with Gasteiger partial charge in [-0.05, 0) is 59.6 Å². The Morgan fingerprint density at radius 1 is 1.20 bits per heavy atom. The minimum Gasteiger partial charge on any atom is -0.496 e. The van der Waals surface area contributed by atoms with Crippen LogP contribution in [0, 0.1) is 12.7 Å². The predicted molar refractivity (Wildman–Crippen MR) is 83.9 cm³/mol. The van der Waals surface area contributed by atoms with E-state index in [9.17, 15) is 4.39 Å². The zero-order chi connectivity index (χ0) is 14.7. The summed E-state index contributed by atoms with van der Waals surface area (Å²) >= 11 is 3.15. The monoisotopic (exact) mass is 337 g/mol. The van der Waals surface area contributed by atoms with Crippen LogP contribution in [0.5, 0.6) is 5.75 Å². The number of hydrogen-bond acceptors (Lipinski definition) is 2. The van der Waals surface area contributed by atoms with E-state index in [0.29, 0.717) is 4.47 Å². The second kappa shape index (κ2) is 6.27. The van der Waals surface area contributed by atoms with Gasteiger partial charge in [0.2, 0.25) is 0 Å². The van der Waals surface area contributed by atoms with Crippen LogP contribution in [-0.4, -0.2) is 7.11 Å². The molecular weight excluding hydrogens is 321 g/mol. The fraction of sp³-hybridized carbons (Fsp3) is 0.250. The standard InChI is InChI=1S/C16H17BrFNO/c1-10-4-6-13(16(8-10)20-3)11(2)19-12-5-7-14(17)15(18)9-12/h4-9,11,19H,1-3H3. The Bertz CT molecular complexity index is 615. The lowest BCUT2D eigenvalue weighted by atomic mass is 10.0. The third-order valence-corrected chi connectivity index (χ3v) is 3.80. The topological polar surface area (TPSA) is 21.3 Å². The SMILES string of the molecule is COc1cc(C)ccc1C(C)Nc1ccc(Br)c(F)c1. The molecule has 106 valence electrons. The zero-order valence-electron chi connectivity index (χ0n) is 11.7. The molecule has 0 aliphatic rings. The highest BCUT2D eigenvalue weighted by molar-refractivity contribution is 9.10. The Hall–Kier alpha value is -1.55. The van der Waals surface area contributed by atoms with Gasteiger partial charge >= 0.3 is 0 Å². The summed E-state index contributed by atoms with van der Waals surface area (Å²) in [6, 6.07) is 11.1. The number of methoxy groups -OCH3 is 1. The largest absolute Gasteiger partial charge is 0.496 e. The lowest BCUT2D eigenvalue weighted by Crippen LogP contribution is -2.08. The molecule has 0 heterocycles. The van der Waals surface area contributed by atoms with Crippen LogP contribution in [0.3, 0.4) is 0 Å². The zero-order valence-corrected chi connectivity index (χ0v) is 13.3. The summed E-state index contributed by atoms with van der Waals surface area (Å²) in [5, 5.41) is 3.28. The molecule has 20 heavy (non-hydrogen) atoms. The molecule has 0 aromatic heterocycles. The van der Waals surface area contributed by atoms with Gasteiger partial charge in [0, 0.05) is 11.3 Å². The molecule has 0 saturated carbocycles. The van der Waals surface area contributed by atoms with E-state index in [4.69, 9.17) is 4.74 Å². The molecule has 1 atom stereocenters. The van der Waals surface area contributed by atoms with Gasteiger partial charge in [-0.2, -0.15) is 0 Å². The maximum atomic E-state index is 13.5. The summed E-state index contributed by atoms with van der Waals surface area (Å²) in [5.74, 6) is 0.556. The third-order valence-electron chi connectivity index (χ3n) is 3.16. The molecule has 0 amide bonds. The van der Waals surface area contributed by atoms with Crippen molar-refractivity contribution in [3.8, 4) is 5.75 Å². The van der Waals surface area contributed by atoms with Crippen LogP contribution in [0.1, 0.15) is 24.1 Å². The summed E-state index contributed by atoms with van der Waals surface area (Å²) in [4.78, 5) is 0. The van der Waals surface area contributed by atoms with Crippen LogP contribution in [0.25, 0.3) is 0 Å². The number of anilines is 1. The van der Waals surface area contributed by atoms with Gasteiger partial charge in [-0.1, -0.05) is 12.1 Å². The van der Waals surface area contributed by atoms with Crippen LogP contribution < -0.4 is 10.1 Å². The van der Waals surface area contributed by atoms with E-state index >= 15 is 0 Å². The second-order valence-electron chi connectivity index (χ2n) is 4.74. The van der Waals surface area contributed by atoms with Crippen LogP contribution >= 0.6 is 15.9 Å². The molecule has 0 saturated heterocycles. The minimum atomic E-state index is -0.280. The van der Waals surface area contributed by atoms with Gasteiger partial charge < -0.3 is 10.1 Å². The summed E-state index contributed by atoms with van der Waals surface area (Å²) < 4.78 is 19.4. The molecule has 4 heteroatoms. The van der Waals surface area contributed by atoms with E-state index in [1.165, 1.54) is 6.07 Å². The van der Waals surface area contributed by atoms with E-state index in [-0.39, 0.29) is 11.9 Å². The van der Waals surface area contributed by atoms with Gasteiger partial charge in [-0.25, -0.2) is 4.39 Å². The molecular formula is C16H17BrFNO. The molecule has 0 radical (unpaired) electrons. The first kappa shape index (κ1) is 14.9. The van der Waals surface area contributed by atoms with Crippen molar-refractivity contribution in [3.05, 3.63) is 57.8 Å². The second-order valence-corrected chi connectivity index (χ2v) is 5.59. The fourth-order valence-corrected chi connectivity index (χ4v) is 2.34. The number of ether oxygens (including phenoxy) is 1. The first-order valence-corrected chi connectivity index (χ1v) is 7.16. The molecule has 2 nitrogen and oxygen atoms in total. The quantitative estimate of drug-likeness (QED) is 0.840. The van der Waals surface area contributed by atoms with Gasteiger partial charge in [0.15, 0.2) is 0 Å². The highest BCUT2D eigenvalue weighted by Crippen LogP contribution is 2.29. The Labute approximate surface area is 127 Å². The van der Waals surface area contributed by atoms with Crippen molar-refractivity contribution in [2.24, 2.45) is 0 Å². The van der Waals surface area contributed by atoms with E-state index in [1.807, 2.05) is 38.1 Å². The molecule has 2 aromatic rings. The predicted octanol–water partition coefficient (Wildman–Crippen LogP) is 5.08. The summed E-state index contributed by atoms with van der Waals surface area (Å²) in [5.41, 5.74) is 2.93. The maximum absolute atomic E-state index is 13.5. The van der Waals surface area contributed by atoms with Gasteiger partial charge in [0.05, 0.1) is 17.6 Å². The fourth-order valence-electron chi connectivity index (χ4n) is 2.09. The van der Waals surface area contributed by atoms with Crippen molar-refractivity contribution in [1.29, 1.82) is 0 Å². The third kappa shape index (κ3) is 3.31. The van der Waals surface area contributed by atoms with Crippen molar-refractivity contribution in [2.75, 3.05) is 12.4 Å². The highest BCUT2D eigenvalue weighted by Gasteiger charge is 2.12. The lowest BCUT2D eigenvalue weighted by Gasteiger charge is -2.19. The number of hydrogen-bond donors (Lipinski definition) is 1. The molecule has 0 spiro atoms. The van der Waals surface area contributed by atoms with E-state index in [0.717, 1.165) is 22.6 Å². The molecule has 2 rings (SSSR count). The smallest absolute Gasteiger partial charge is 0.139 e. The molecule has 0 bridgehead atoms. The van der Waals surface area contributed by atoms with Crippen molar-refractivity contribution in [2.45, 2.75) is 19.9 Å². The average molecular weight is 338 g/mol. The Balaban J connectivity index is 2.23. The van der Waals surface area contributed by atoms with Gasteiger partial charge in [-0.3, -0.25) is 0 Å². The van der Waals surface area contributed by atoms with E-state index < -0.39 is 0 Å². The molecule has 1 N–H and O–H groups in total. The number of benzene rings is 2. The van der Waals surface area contributed by atoms with Crippen LogP contribution in [0.15, 0.2) is 40.9 Å². The first-order chi connectivity index (χ1) is 9.51. The Kier molecular flexibility index (Phi) is 4.65. The normalized spacial score (nSPS) is 12.1. The van der Waals surface area contributed by atoms with Crippen molar-refractivity contribution < 1.29 is 9.13 Å². The molecule has 0 fully saturated rings. The molecule has 0 aliphatic carbocycles. The van der Waals surface area contributed by atoms with Crippen LogP contribution in [-0.2, 0) is 0 Å². The maximum Gasteiger partial charge on any atom is 0.139 e. The molecule has 0 aliphatic heterocycles. The minimum absolute atomic E-state index is 0.0196. The van der Waals surface area contributed by atoms with E-state index in [1.54, 1.807) is 13.2 Å². The highest BCUT2D eigenvalue weighted by atomic mass is 79.9. The van der Waals surface area contributed by atoms with Crippen LogP contribution in [0.4, 0.5) is 10.1 Å². The van der Waals surface area contributed by atoms with Gasteiger partial charge in [-0.15, -0.1) is 0 Å². The number of halogens is 2. The van der Waals surface area contributed by atoms with Crippen molar-refractivity contribution >= 4 is 21.6 Å². The first-order valence-electron chi connectivity index (χ1n) is 6.37. The van der Waals surface area contributed by atoms with Crippen molar-refractivity contribution in [3.63, 3.8) is 0 Å². The average Bonchev–Trinajstić information content (AvgIpc) is 2.42.